The Hall–Kier alpha value is -3.54. The molecule has 1 atom stereocenters. The molecule has 11 heteroatoms. The van der Waals surface area contributed by atoms with E-state index in [0.717, 1.165) is 58.8 Å². The summed E-state index contributed by atoms with van der Waals surface area (Å²) in [6.45, 7) is 2.97. The molecule has 1 amide bonds. The molecule has 1 saturated heterocycles. The zero-order chi connectivity index (χ0) is 26.2. The maximum absolute atomic E-state index is 12.2. The van der Waals surface area contributed by atoms with E-state index in [9.17, 15) is 15.0 Å². The highest BCUT2D eigenvalue weighted by atomic mass is 32.1. The maximum Gasteiger partial charge on any atom is 0.229 e. The smallest absolute Gasteiger partial charge is 0.229 e. The summed E-state index contributed by atoms with van der Waals surface area (Å²) in [6, 6.07) is 10.1. The highest BCUT2D eigenvalue weighted by molar-refractivity contribution is 7.22. The number of fused-ring (bicyclic) bond motifs is 1. The van der Waals surface area contributed by atoms with E-state index in [1.54, 1.807) is 11.1 Å². The normalized spacial score (nSPS) is 21.8. The highest BCUT2D eigenvalue weighted by Crippen LogP contribution is 2.33. The minimum atomic E-state index is -0.622. The van der Waals surface area contributed by atoms with Crippen LogP contribution in [0.1, 0.15) is 43.5 Å². The van der Waals surface area contributed by atoms with Gasteiger partial charge in [-0.05, 0) is 68.5 Å². The number of amides is 1. The standard InChI is InChI=1S/C27H31N7O3S/c1-16-28-8-9-33(16)14-17-10-24(29-18-2-5-20(35)6-3-18)31-25(11-17)32-27-30-22-7-4-19(12-23(22)38-27)34-15-21(36)13-26(34)37/h4,7-12,18,20-21,35-36H,2-3,5-6,13-15H2,1H3,(H2,29,30,31,32)/t18-,20-,21-/m1/s1. The van der Waals surface area contributed by atoms with E-state index < -0.39 is 6.10 Å². The van der Waals surface area contributed by atoms with Crippen molar-refractivity contribution in [2.24, 2.45) is 0 Å². The van der Waals surface area contributed by atoms with E-state index in [-0.39, 0.29) is 24.5 Å². The number of benzene rings is 1. The van der Waals surface area contributed by atoms with E-state index in [1.807, 2.05) is 37.4 Å². The zero-order valence-electron chi connectivity index (χ0n) is 21.2. The molecule has 1 aliphatic heterocycles. The van der Waals surface area contributed by atoms with Crippen LogP contribution in [0.2, 0.25) is 0 Å². The SMILES string of the molecule is Cc1nccn1Cc1cc(Nc2nc3ccc(N4C[C@H](O)CC4=O)cc3s2)nc(N[C@H]2CC[C@H](O)CC2)c1. The van der Waals surface area contributed by atoms with Crippen LogP contribution in [-0.4, -0.2) is 60.4 Å². The van der Waals surface area contributed by atoms with Gasteiger partial charge in [0.1, 0.15) is 17.5 Å². The topological polar surface area (TPSA) is 128 Å². The second-order valence-electron chi connectivity index (χ2n) is 10.2. The predicted molar refractivity (Wildman–Crippen MR) is 148 cm³/mol. The fourth-order valence-corrected chi connectivity index (χ4v) is 6.10. The summed E-state index contributed by atoms with van der Waals surface area (Å²) in [4.78, 5) is 27.8. The molecule has 0 unspecified atom stereocenters. The number of anilines is 4. The fraction of sp³-hybridized carbons (Fsp3) is 0.407. The number of aliphatic hydroxyl groups excluding tert-OH is 2. The molecule has 38 heavy (non-hydrogen) atoms. The molecule has 198 valence electrons. The molecule has 1 aromatic carbocycles. The van der Waals surface area contributed by atoms with E-state index in [2.05, 4.69) is 26.3 Å². The van der Waals surface area contributed by atoms with Crippen molar-refractivity contribution in [2.45, 2.75) is 63.8 Å². The minimum absolute atomic E-state index is 0.0682. The number of rotatable bonds is 7. The number of aryl methyl sites for hydroxylation is 1. The summed E-state index contributed by atoms with van der Waals surface area (Å²) in [5.74, 6) is 2.36. The molecular formula is C27H31N7O3S. The lowest BCUT2D eigenvalue weighted by Crippen LogP contribution is -2.28. The van der Waals surface area contributed by atoms with Crippen molar-refractivity contribution in [3.8, 4) is 0 Å². The van der Waals surface area contributed by atoms with Crippen LogP contribution in [0.15, 0.2) is 42.7 Å². The lowest BCUT2D eigenvalue weighted by molar-refractivity contribution is -0.117. The van der Waals surface area contributed by atoms with Gasteiger partial charge in [0.25, 0.3) is 0 Å². The van der Waals surface area contributed by atoms with Gasteiger partial charge in [-0.15, -0.1) is 0 Å². The Morgan fingerprint density at radius 1 is 1.05 bits per heavy atom. The second kappa shape index (κ2) is 10.3. The summed E-state index contributed by atoms with van der Waals surface area (Å²) in [5.41, 5.74) is 2.68. The monoisotopic (exact) mass is 533 g/mol. The Bertz CT molecular complexity index is 1460. The van der Waals surface area contributed by atoms with Gasteiger partial charge in [-0.25, -0.2) is 15.0 Å². The van der Waals surface area contributed by atoms with Crippen molar-refractivity contribution in [2.75, 3.05) is 22.1 Å². The number of imidazole rings is 1. The lowest BCUT2D eigenvalue weighted by atomic mass is 9.93. The third-order valence-electron chi connectivity index (χ3n) is 7.23. The van der Waals surface area contributed by atoms with Gasteiger partial charge in [-0.2, -0.15) is 0 Å². The second-order valence-corrected chi connectivity index (χ2v) is 11.2. The van der Waals surface area contributed by atoms with Gasteiger partial charge < -0.3 is 30.3 Å². The molecule has 0 spiro atoms. The molecule has 0 bridgehead atoms. The summed E-state index contributed by atoms with van der Waals surface area (Å²) in [6.07, 6.45) is 6.51. The summed E-state index contributed by atoms with van der Waals surface area (Å²) < 4.78 is 3.04. The number of aromatic nitrogens is 4. The molecule has 4 N–H and O–H groups in total. The minimum Gasteiger partial charge on any atom is -0.393 e. The maximum atomic E-state index is 12.2. The Morgan fingerprint density at radius 3 is 2.61 bits per heavy atom. The largest absolute Gasteiger partial charge is 0.393 e. The number of nitrogens with zero attached hydrogens (tertiary/aromatic N) is 5. The number of carbonyl (C=O) groups excluding carboxylic acids is 1. The van der Waals surface area contributed by atoms with Gasteiger partial charge in [0, 0.05) is 30.7 Å². The van der Waals surface area contributed by atoms with Gasteiger partial charge in [0.05, 0.1) is 35.4 Å². The fourth-order valence-electron chi connectivity index (χ4n) is 5.20. The molecule has 0 radical (unpaired) electrons. The van der Waals surface area contributed by atoms with Crippen LogP contribution >= 0.6 is 11.3 Å². The first-order valence-corrected chi connectivity index (χ1v) is 13.8. The molecule has 1 saturated carbocycles. The predicted octanol–water partition coefficient (Wildman–Crippen LogP) is 3.80. The van der Waals surface area contributed by atoms with Crippen molar-refractivity contribution in [3.63, 3.8) is 0 Å². The van der Waals surface area contributed by atoms with Crippen LogP contribution in [-0.2, 0) is 11.3 Å². The number of thiazole rings is 1. The molecule has 2 aliphatic rings. The first-order chi connectivity index (χ1) is 18.4. The Kier molecular flexibility index (Phi) is 6.73. The van der Waals surface area contributed by atoms with Gasteiger partial charge in [-0.3, -0.25) is 4.79 Å². The molecule has 6 rings (SSSR count). The number of pyridine rings is 1. The van der Waals surface area contributed by atoms with Crippen molar-refractivity contribution < 1.29 is 15.0 Å². The van der Waals surface area contributed by atoms with E-state index in [1.165, 1.54) is 11.3 Å². The number of hydrogen-bond donors (Lipinski definition) is 4. The number of aliphatic hydroxyl groups is 2. The summed E-state index contributed by atoms with van der Waals surface area (Å²) >= 11 is 1.50. The van der Waals surface area contributed by atoms with Crippen molar-refractivity contribution in [1.82, 2.24) is 19.5 Å². The van der Waals surface area contributed by atoms with Crippen molar-refractivity contribution >= 4 is 49.9 Å². The third kappa shape index (κ3) is 5.35. The van der Waals surface area contributed by atoms with Gasteiger partial charge in [0.2, 0.25) is 5.91 Å². The number of β-amino-alcohol motifs (C(OH)–C–C–N with tert-alkyl or cyclic N) is 1. The quantitative estimate of drug-likeness (QED) is 0.282. The lowest BCUT2D eigenvalue weighted by Gasteiger charge is -2.27. The summed E-state index contributed by atoms with van der Waals surface area (Å²) in [7, 11) is 0. The number of hydrogen-bond acceptors (Lipinski definition) is 9. The molecule has 2 fully saturated rings. The average molecular weight is 534 g/mol. The van der Waals surface area contributed by atoms with Crippen LogP contribution in [0.25, 0.3) is 10.2 Å². The molecule has 10 nitrogen and oxygen atoms in total. The number of nitrogens with one attached hydrogen (secondary N) is 2. The molecule has 4 aromatic rings. The molecule has 1 aliphatic carbocycles. The van der Waals surface area contributed by atoms with Crippen LogP contribution in [0, 0.1) is 6.92 Å². The Morgan fingerprint density at radius 2 is 1.87 bits per heavy atom. The van der Waals surface area contributed by atoms with Crippen molar-refractivity contribution in [1.29, 1.82) is 0 Å². The van der Waals surface area contributed by atoms with Crippen LogP contribution < -0.4 is 15.5 Å². The molecule has 3 aromatic heterocycles. The van der Waals surface area contributed by atoms with Crippen LogP contribution in [0.5, 0.6) is 0 Å². The summed E-state index contributed by atoms with van der Waals surface area (Å²) in [5, 5.41) is 27.4. The molecular weight excluding hydrogens is 502 g/mol. The number of carbonyl (C=O) groups is 1. The average Bonchev–Trinajstić information content (AvgIpc) is 3.57. The third-order valence-corrected chi connectivity index (χ3v) is 8.17. The van der Waals surface area contributed by atoms with E-state index in [0.29, 0.717) is 24.0 Å². The van der Waals surface area contributed by atoms with E-state index in [4.69, 9.17) is 9.97 Å². The first kappa shape index (κ1) is 24.8. The van der Waals surface area contributed by atoms with Crippen LogP contribution in [0.4, 0.5) is 22.5 Å². The Labute approximate surface area is 224 Å². The Balaban J connectivity index is 1.26. The first-order valence-electron chi connectivity index (χ1n) is 13.0. The van der Waals surface area contributed by atoms with E-state index >= 15 is 0 Å². The van der Waals surface area contributed by atoms with Gasteiger partial charge in [-0.1, -0.05) is 11.3 Å². The zero-order valence-corrected chi connectivity index (χ0v) is 22.0. The molecule has 4 heterocycles. The van der Waals surface area contributed by atoms with Gasteiger partial charge in [0.15, 0.2) is 5.13 Å². The van der Waals surface area contributed by atoms with Crippen molar-refractivity contribution in [3.05, 3.63) is 54.1 Å². The van der Waals surface area contributed by atoms with Gasteiger partial charge >= 0.3 is 0 Å². The van der Waals surface area contributed by atoms with Crippen LogP contribution in [0.3, 0.4) is 0 Å². The highest BCUT2D eigenvalue weighted by Gasteiger charge is 2.29.